The van der Waals surface area contributed by atoms with Crippen LogP contribution in [0.3, 0.4) is 0 Å². The quantitative estimate of drug-likeness (QED) is 0.764. The van der Waals surface area contributed by atoms with E-state index < -0.39 is 0 Å². The molecule has 1 aromatic carbocycles. The van der Waals surface area contributed by atoms with Gasteiger partial charge in [0, 0.05) is 26.1 Å². The van der Waals surface area contributed by atoms with Gasteiger partial charge in [-0.3, -0.25) is 9.69 Å². The summed E-state index contributed by atoms with van der Waals surface area (Å²) in [6.07, 6.45) is 2.55. The second-order valence-corrected chi connectivity index (χ2v) is 6.43. The Morgan fingerprint density at radius 1 is 1.27 bits per heavy atom. The fourth-order valence-corrected chi connectivity index (χ4v) is 3.41. The topological polar surface area (TPSA) is 53.4 Å². The largest absolute Gasteiger partial charge is 0.306 e. The zero-order chi connectivity index (χ0) is 15.1. The molecular formula is C16H15BrN4O. The fourth-order valence-electron chi connectivity index (χ4n) is 3.05. The van der Waals surface area contributed by atoms with Crippen LogP contribution in [0.25, 0.3) is 5.65 Å². The number of fused-ring (bicyclic) bond motifs is 3. The number of aromatic nitrogens is 3. The monoisotopic (exact) mass is 358 g/mol. The minimum absolute atomic E-state index is 0.0125. The molecule has 3 heterocycles. The van der Waals surface area contributed by atoms with Crippen molar-refractivity contribution < 1.29 is 0 Å². The second kappa shape index (κ2) is 5.37. The molecular weight excluding hydrogens is 344 g/mol. The van der Waals surface area contributed by atoms with Gasteiger partial charge in [-0.15, -0.1) is 0 Å². The number of aromatic amines is 1. The Morgan fingerprint density at radius 2 is 2.09 bits per heavy atom. The summed E-state index contributed by atoms with van der Waals surface area (Å²) in [6, 6.07) is 10.4. The maximum atomic E-state index is 12.4. The molecule has 0 saturated heterocycles. The number of benzene rings is 1. The van der Waals surface area contributed by atoms with Crippen LogP contribution in [-0.2, 0) is 19.5 Å². The average molecular weight is 359 g/mol. The molecule has 112 valence electrons. The molecule has 22 heavy (non-hydrogen) atoms. The van der Waals surface area contributed by atoms with Crippen molar-refractivity contribution in [2.45, 2.75) is 19.5 Å². The number of halogens is 1. The highest BCUT2D eigenvalue weighted by atomic mass is 79.9. The summed E-state index contributed by atoms with van der Waals surface area (Å²) in [5.74, 6) is 0. The first-order chi connectivity index (χ1) is 10.7. The standard InChI is InChI=1S/C16H15BrN4O/c17-13-8-18-21-14-6-7-20(9-11-4-2-1-3-5-11)10-12(14)16(22)19-15(13)21/h1-5,8H,6-7,9-10H2,(H,19,22). The Hall–Kier alpha value is -1.92. The van der Waals surface area contributed by atoms with Crippen LogP contribution < -0.4 is 5.56 Å². The van der Waals surface area contributed by atoms with Crippen LogP contribution in [0.5, 0.6) is 0 Å². The summed E-state index contributed by atoms with van der Waals surface area (Å²) >= 11 is 3.42. The lowest BCUT2D eigenvalue weighted by atomic mass is 10.1. The Labute approximate surface area is 135 Å². The third-order valence-corrected chi connectivity index (χ3v) is 4.71. The van der Waals surface area contributed by atoms with Crippen LogP contribution in [-0.4, -0.2) is 26.0 Å². The molecule has 0 aliphatic carbocycles. The van der Waals surface area contributed by atoms with Gasteiger partial charge in [0.15, 0.2) is 5.65 Å². The van der Waals surface area contributed by atoms with Crippen molar-refractivity contribution in [2.24, 2.45) is 0 Å². The number of nitrogens with zero attached hydrogens (tertiary/aromatic N) is 3. The molecule has 0 spiro atoms. The number of hydrogen-bond acceptors (Lipinski definition) is 3. The maximum Gasteiger partial charge on any atom is 0.255 e. The highest BCUT2D eigenvalue weighted by Gasteiger charge is 2.23. The minimum atomic E-state index is -0.0125. The molecule has 4 rings (SSSR count). The molecule has 0 fully saturated rings. The number of H-pyrrole nitrogens is 1. The molecule has 0 unspecified atom stereocenters. The smallest absolute Gasteiger partial charge is 0.255 e. The van der Waals surface area contributed by atoms with E-state index in [9.17, 15) is 4.79 Å². The Morgan fingerprint density at radius 3 is 2.91 bits per heavy atom. The highest BCUT2D eigenvalue weighted by molar-refractivity contribution is 9.10. The summed E-state index contributed by atoms with van der Waals surface area (Å²) in [6.45, 7) is 2.45. The summed E-state index contributed by atoms with van der Waals surface area (Å²) in [7, 11) is 0. The van der Waals surface area contributed by atoms with Crippen molar-refractivity contribution in [3.63, 3.8) is 0 Å². The van der Waals surface area contributed by atoms with E-state index in [4.69, 9.17) is 0 Å². The first-order valence-electron chi connectivity index (χ1n) is 7.26. The second-order valence-electron chi connectivity index (χ2n) is 5.58. The van der Waals surface area contributed by atoms with Gasteiger partial charge in [-0.2, -0.15) is 5.10 Å². The van der Waals surface area contributed by atoms with E-state index in [0.29, 0.717) is 6.54 Å². The van der Waals surface area contributed by atoms with Crippen LogP contribution in [0.4, 0.5) is 0 Å². The SMILES string of the molecule is O=c1[nH]c2c(Br)cnn2c2c1CN(Cc1ccccc1)CC2. The molecule has 5 nitrogen and oxygen atoms in total. The predicted octanol–water partition coefficient (Wildman–Crippen LogP) is 2.34. The molecule has 1 aliphatic rings. The van der Waals surface area contributed by atoms with Gasteiger partial charge >= 0.3 is 0 Å². The maximum absolute atomic E-state index is 12.4. The van der Waals surface area contributed by atoms with E-state index in [1.165, 1.54) is 5.56 Å². The van der Waals surface area contributed by atoms with Gasteiger partial charge in [-0.1, -0.05) is 30.3 Å². The lowest BCUT2D eigenvalue weighted by Crippen LogP contribution is -2.36. The van der Waals surface area contributed by atoms with E-state index >= 15 is 0 Å². The molecule has 3 aromatic rings. The number of hydrogen-bond donors (Lipinski definition) is 1. The van der Waals surface area contributed by atoms with E-state index in [2.05, 4.69) is 43.0 Å². The van der Waals surface area contributed by atoms with E-state index in [1.807, 2.05) is 22.7 Å². The molecule has 1 aliphatic heterocycles. The van der Waals surface area contributed by atoms with Gasteiger partial charge in [0.1, 0.15) is 0 Å². The van der Waals surface area contributed by atoms with E-state index in [-0.39, 0.29) is 5.56 Å². The third kappa shape index (κ3) is 2.28. The fraction of sp³-hybridized carbons (Fsp3) is 0.250. The van der Waals surface area contributed by atoms with Gasteiger partial charge in [-0.25, -0.2) is 4.52 Å². The Balaban J connectivity index is 1.69. The van der Waals surface area contributed by atoms with Crippen LogP contribution in [0.1, 0.15) is 16.8 Å². The van der Waals surface area contributed by atoms with Crippen LogP contribution in [0.15, 0.2) is 45.8 Å². The van der Waals surface area contributed by atoms with E-state index in [1.54, 1.807) is 6.20 Å². The van der Waals surface area contributed by atoms with Gasteiger partial charge in [-0.05, 0) is 21.5 Å². The van der Waals surface area contributed by atoms with Gasteiger partial charge in [0.25, 0.3) is 5.56 Å². The molecule has 0 radical (unpaired) electrons. The van der Waals surface area contributed by atoms with Crippen LogP contribution >= 0.6 is 15.9 Å². The summed E-state index contributed by atoms with van der Waals surface area (Å²) in [4.78, 5) is 17.6. The molecule has 0 bridgehead atoms. The van der Waals surface area contributed by atoms with Gasteiger partial charge in [0.05, 0.1) is 21.9 Å². The molecule has 0 atom stereocenters. The molecule has 2 aromatic heterocycles. The van der Waals surface area contributed by atoms with Crippen molar-refractivity contribution in [3.8, 4) is 0 Å². The summed E-state index contributed by atoms with van der Waals surface area (Å²) < 4.78 is 2.67. The molecule has 0 saturated carbocycles. The summed E-state index contributed by atoms with van der Waals surface area (Å²) in [5, 5.41) is 4.36. The molecule has 1 N–H and O–H groups in total. The zero-order valence-corrected chi connectivity index (χ0v) is 13.5. The Bertz CT molecular complexity index is 884. The first-order valence-corrected chi connectivity index (χ1v) is 8.05. The third-order valence-electron chi connectivity index (χ3n) is 4.13. The average Bonchev–Trinajstić information content (AvgIpc) is 2.90. The predicted molar refractivity (Wildman–Crippen MR) is 87.8 cm³/mol. The normalized spacial score (nSPS) is 15.1. The zero-order valence-electron chi connectivity index (χ0n) is 11.9. The van der Waals surface area contributed by atoms with Crippen molar-refractivity contribution in [3.05, 3.63) is 68.2 Å². The molecule has 6 heteroatoms. The van der Waals surface area contributed by atoms with Gasteiger partial charge in [0.2, 0.25) is 0 Å². The van der Waals surface area contributed by atoms with Crippen molar-refractivity contribution >= 4 is 21.6 Å². The van der Waals surface area contributed by atoms with Crippen LogP contribution in [0, 0.1) is 0 Å². The summed E-state index contributed by atoms with van der Waals surface area (Å²) in [5.41, 5.74) is 3.84. The number of nitrogens with one attached hydrogen (secondary N) is 1. The molecule has 0 amide bonds. The number of rotatable bonds is 2. The minimum Gasteiger partial charge on any atom is -0.306 e. The van der Waals surface area contributed by atoms with E-state index in [0.717, 1.165) is 40.9 Å². The highest BCUT2D eigenvalue weighted by Crippen LogP contribution is 2.21. The van der Waals surface area contributed by atoms with Crippen molar-refractivity contribution in [2.75, 3.05) is 6.54 Å². The first kappa shape index (κ1) is 13.7. The van der Waals surface area contributed by atoms with Crippen molar-refractivity contribution in [1.82, 2.24) is 19.5 Å². The van der Waals surface area contributed by atoms with Crippen LogP contribution in [0.2, 0.25) is 0 Å². The Kier molecular flexibility index (Phi) is 3.35. The van der Waals surface area contributed by atoms with Gasteiger partial charge < -0.3 is 4.98 Å². The lowest BCUT2D eigenvalue weighted by Gasteiger charge is -2.28. The lowest BCUT2D eigenvalue weighted by molar-refractivity contribution is 0.240. The van der Waals surface area contributed by atoms with Crippen molar-refractivity contribution in [1.29, 1.82) is 0 Å².